The molecule has 7 heteroatoms. The van der Waals surface area contributed by atoms with Gasteiger partial charge in [0.05, 0.1) is 25.2 Å². The van der Waals surface area contributed by atoms with Gasteiger partial charge in [-0.1, -0.05) is 45.3 Å². The van der Waals surface area contributed by atoms with E-state index < -0.39 is 36.1 Å². The first-order valence-electron chi connectivity index (χ1n) is 11.1. The molecule has 1 aliphatic carbocycles. The molecule has 0 spiro atoms. The molecule has 0 radical (unpaired) electrons. The topological polar surface area (TPSA) is 76.0 Å². The summed E-state index contributed by atoms with van der Waals surface area (Å²) in [6.45, 7) is 4.19. The average Bonchev–Trinajstić information content (AvgIpc) is 3.13. The fourth-order valence-corrected chi connectivity index (χ4v) is 4.46. The zero-order valence-electron chi connectivity index (χ0n) is 18.2. The first kappa shape index (κ1) is 24.8. The minimum atomic E-state index is -3.19. The van der Waals surface area contributed by atoms with Crippen molar-refractivity contribution in [3.05, 3.63) is 24.0 Å². The standard InChI is InChI=1S/C23H36F2O5/c1-4-5-8-15(2)13-16(26)11-12-17-18(27)14-19-22(17)23(24,25)20(30-19)9-6-7-10-21(28)29-3/h9,11-12,15-19,22,26-27H,4-8,10,13-14H2,1-3H3/t15-,16-,17-,18+,19-,22+/m0/s1. The number of aliphatic hydroxyl groups excluding tert-OH is 2. The lowest BCUT2D eigenvalue weighted by atomic mass is 9.87. The van der Waals surface area contributed by atoms with Gasteiger partial charge in [-0.05, 0) is 31.3 Å². The fourth-order valence-electron chi connectivity index (χ4n) is 4.46. The lowest BCUT2D eigenvalue weighted by Gasteiger charge is -2.23. The smallest absolute Gasteiger partial charge is 0.310 e. The van der Waals surface area contributed by atoms with E-state index >= 15 is 8.78 Å². The number of alkyl halides is 2. The Morgan fingerprint density at radius 1 is 1.40 bits per heavy atom. The van der Waals surface area contributed by atoms with Crippen molar-refractivity contribution in [2.24, 2.45) is 17.8 Å². The van der Waals surface area contributed by atoms with Crippen LogP contribution in [-0.2, 0) is 14.3 Å². The molecule has 1 saturated carbocycles. The first-order valence-corrected chi connectivity index (χ1v) is 11.1. The van der Waals surface area contributed by atoms with Crippen LogP contribution in [0.3, 0.4) is 0 Å². The second-order valence-electron chi connectivity index (χ2n) is 8.66. The molecule has 0 amide bonds. The van der Waals surface area contributed by atoms with Crippen LogP contribution in [0.1, 0.15) is 65.2 Å². The quantitative estimate of drug-likeness (QED) is 0.289. The van der Waals surface area contributed by atoms with E-state index in [-0.39, 0.29) is 31.0 Å². The lowest BCUT2D eigenvalue weighted by molar-refractivity contribution is -0.140. The molecule has 0 aromatic heterocycles. The normalized spacial score (nSPS) is 31.0. The monoisotopic (exact) mass is 430 g/mol. The third-order valence-electron chi connectivity index (χ3n) is 6.15. The average molecular weight is 431 g/mol. The van der Waals surface area contributed by atoms with Crippen molar-refractivity contribution in [2.45, 2.75) is 89.4 Å². The van der Waals surface area contributed by atoms with Gasteiger partial charge in [0.15, 0.2) is 5.76 Å². The molecule has 2 N–H and O–H groups in total. The van der Waals surface area contributed by atoms with Crippen molar-refractivity contribution in [2.75, 3.05) is 7.11 Å². The Kier molecular flexibility index (Phi) is 9.29. The Morgan fingerprint density at radius 3 is 2.80 bits per heavy atom. The maximum absolute atomic E-state index is 15.0. The van der Waals surface area contributed by atoms with Crippen LogP contribution in [0.25, 0.3) is 0 Å². The van der Waals surface area contributed by atoms with Gasteiger partial charge in [-0.15, -0.1) is 0 Å². The first-order chi connectivity index (χ1) is 14.2. The molecule has 0 aromatic carbocycles. The number of unbranched alkanes of at least 4 members (excludes halogenated alkanes) is 2. The molecule has 0 aromatic rings. The van der Waals surface area contributed by atoms with E-state index in [1.807, 2.05) is 0 Å². The van der Waals surface area contributed by atoms with Crippen molar-refractivity contribution >= 4 is 5.97 Å². The molecule has 0 unspecified atom stereocenters. The van der Waals surface area contributed by atoms with Gasteiger partial charge in [0, 0.05) is 18.8 Å². The number of hydrogen-bond donors (Lipinski definition) is 2. The Balaban J connectivity index is 1.98. The van der Waals surface area contributed by atoms with E-state index in [0.29, 0.717) is 18.8 Å². The number of ether oxygens (including phenoxy) is 2. The van der Waals surface area contributed by atoms with Crippen LogP contribution in [0.15, 0.2) is 24.0 Å². The minimum absolute atomic E-state index is 0.137. The summed E-state index contributed by atoms with van der Waals surface area (Å²) in [5.74, 6) is -5.52. The molecule has 6 atom stereocenters. The molecule has 2 aliphatic rings. The summed E-state index contributed by atoms with van der Waals surface area (Å²) < 4.78 is 40.1. The Morgan fingerprint density at radius 2 is 2.13 bits per heavy atom. The lowest BCUT2D eigenvalue weighted by Crippen LogP contribution is -2.33. The van der Waals surface area contributed by atoms with Crippen molar-refractivity contribution in [1.82, 2.24) is 0 Å². The Labute approximate surface area is 178 Å². The van der Waals surface area contributed by atoms with Crippen LogP contribution in [0.5, 0.6) is 0 Å². The number of halogens is 2. The summed E-state index contributed by atoms with van der Waals surface area (Å²) >= 11 is 0. The van der Waals surface area contributed by atoms with Crippen LogP contribution in [-0.4, -0.2) is 47.5 Å². The maximum Gasteiger partial charge on any atom is 0.310 e. The number of carbonyl (C=O) groups is 1. The van der Waals surface area contributed by atoms with Crippen LogP contribution in [0.2, 0.25) is 0 Å². The summed E-state index contributed by atoms with van der Waals surface area (Å²) in [5.41, 5.74) is 0. The largest absolute Gasteiger partial charge is 0.488 e. The van der Waals surface area contributed by atoms with Gasteiger partial charge >= 0.3 is 11.9 Å². The molecule has 2 rings (SSSR count). The summed E-state index contributed by atoms with van der Waals surface area (Å²) in [7, 11) is 1.29. The third kappa shape index (κ3) is 6.27. The summed E-state index contributed by atoms with van der Waals surface area (Å²) in [6, 6.07) is 0. The highest BCUT2D eigenvalue weighted by Gasteiger charge is 2.63. The highest BCUT2D eigenvalue weighted by atomic mass is 19.3. The predicted molar refractivity (Wildman–Crippen MR) is 110 cm³/mol. The number of methoxy groups -OCH3 is 1. The molecule has 30 heavy (non-hydrogen) atoms. The summed E-state index contributed by atoms with van der Waals surface area (Å²) in [4.78, 5) is 11.1. The Bertz CT molecular complexity index is 619. The van der Waals surface area contributed by atoms with Gasteiger partial charge in [0.1, 0.15) is 6.10 Å². The number of hydrogen-bond acceptors (Lipinski definition) is 5. The van der Waals surface area contributed by atoms with Crippen molar-refractivity contribution in [3.63, 3.8) is 0 Å². The number of aliphatic hydroxyl groups is 2. The third-order valence-corrected chi connectivity index (χ3v) is 6.15. The molecule has 1 aliphatic heterocycles. The predicted octanol–water partition coefficient (Wildman–Crippen LogP) is 4.38. The van der Waals surface area contributed by atoms with E-state index in [1.165, 1.54) is 13.2 Å². The van der Waals surface area contributed by atoms with Gasteiger partial charge in [0.2, 0.25) is 0 Å². The number of esters is 1. The summed E-state index contributed by atoms with van der Waals surface area (Å²) in [5, 5.41) is 20.6. The van der Waals surface area contributed by atoms with Crippen LogP contribution >= 0.6 is 0 Å². The zero-order chi connectivity index (χ0) is 22.3. The van der Waals surface area contributed by atoms with Crippen molar-refractivity contribution < 1.29 is 33.3 Å². The fraction of sp³-hybridized carbons (Fsp3) is 0.783. The highest BCUT2D eigenvalue weighted by Crippen LogP contribution is 2.54. The molecule has 1 saturated heterocycles. The van der Waals surface area contributed by atoms with Crippen LogP contribution < -0.4 is 0 Å². The van der Waals surface area contributed by atoms with E-state index in [9.17, 15) is 15.0 Å². The second-order valence-corrected chi connectivity index (χ2v) is 8.66. The summed E-state index contributed by atoms with van der Waals surface area (Å²) in [6.07, 6.45) is 6.83. The van der Waals surface area contributed by atoms with Gasteiger partial charge in [-0.2, -0.15) is 8.78 Å². The van der Waals surface area contributed by atoms with Crippen molar-refractivity contribution in [3.8, 4) is 0 Å². The molecule has 0 bridgehead atoms. The minimum Gasteiger partial charge on any atom is -0.488 e. The van der Waals surface area contributed by atoms with Crippen LogP contribution in [0.4, 0.5) is 8.78 Å². The van der Waals surface area contributed by atoms with Crippen LogP contribution in [0, 0.1) is 17.8 Å². The van der Waals surface area contributed by atoms with E-state index in [1.54, 1.807) is 12.2 Å². The van der Waals surface area contributed by atoms with E-state index in [2.05, 4.69) is 18.6 Å². The highest BCUT2D eigenvalue weighted by molar-refractivity contribution is 5.69. The SMILES string of the molecule is CCCC[C@H](C)C[C@@H](O)C=C[C@@H]1[C@@H]2[C@H](C[C@H]1O)OC(=CCCCC(=O)OC)C2(F)F. The molecule has 172 valence electrons. The zero-order valence-corrected chi connectivity index (χ0v) is 18.2. The maximum atomic E-state index is 15.0. The molecule has 2 fully saturated rings. The van der Waals surface area contributed by atoms with Gasteiger partial charge in [0.25, 0.3) is 0 Å². The number of carbonyl (C=O) groups excluding carboxylic acids is 1. The van der Waals surface area contributed by atoms with Gasteiger partial charge < -0.3 is 19.7 Å². The van der Waals surface area contributed by atoms with E-state index in [4.69, 9.17) is 4.74 Å². The van der Waals surface area contributed by atoms with Crippen molar-refractivity contribution in [1.29, 1.82) is 0 Å². The number of fused-ring (bicyclic) bond motifs is 1. The van der Waals surface area contributed by atoms with E-state index in [0.717, 1.165) is 19.3 Å². The van der Waals surface area contributed by atoms with Gasteiger partial charge in [-0.3, -0.25) is 4.79 Å². The number of allylic oxidation sites excluding steroid dienone is 2. The molecular formula is C23H36F2O5. The Hall–Kier alpha value is -1.47. The molecular weight excluding hydrogens is 394 g/mol. The molecule has 5 nitrogen and oxygen atoms in total. The number of rotatable bonds is 11. The van der Waals surface area contributed by atoms with Gasteiger partial charge in [-0.25, -0.2) is 0 Å². The molecule has 1 heterocycles. The second kappa shape index (κ2) is 11.2.